The number of halogens is 1. The highest BCUT2D eigenvalue weighted by Crippen LogP contribution is 2.11. The largest absolute Gasteiger partial charge is 0.456 e. The monoisotopic (exact) mass is 299 g/mol. The van der Waals surface area contributed by atoms with Gasteiger partial charge in [0.05, 0.1) is 17.2 Å². The van der Waals surface area contributed by atoms with Gasteiger partial charge in [-0.05, 0) is 18.2 Å². The number of benzene rings is 1. The Labute approximate surface area is 125 Å². The van der Waals surface area contributed by atoms with Gasteiger partial charge in [-0.1, -0.05) is 29.8 Å². The Morgan fingerprint density at radius 2 is 1.86 bits per heavy atom. The standard InChI is InChI=1S/C15H10ClN3O2/c16-14-6-5-10(7-18-14)9-21-15(20)13-8-17-11-3-1-2-4-12(11)19-13/h1-8H,9H2. The van der Waals surface area contributed by atoms with E-state index in [0.29, 0.717) is 10.7 Å². The Balaban J connectivity index is 1.73. The van der Waals surface area contributed by atoms with Crippen LogP contribution in [0.2, 0.25) is 5.15 Å². The minimum atomic E-state index is -0.525. The highest BCUT2D eigenvalue weighted by Gasteiger charge is 2.11. The fraction of sp³-hybridized carbons (Fsp3) is 0.0667. The number of esters is 1. The van der Waals surface area contributed by atoms with Crippen LogP contribution in [0.25, 0.3) is 11.0 Å². The molecule has 0 aliphatic rings. The van der Waals surface area contributed by atoms with Gasteiger partial charge in [0.2, 0.25) is 0 Å². The molecule has 1 aromatic carbocycles. The zero-order valence-corrected chi connectivity index (χ0v) is 11.6. The molecule has 0 unspecified atom stereocenters. The summed E-state index contributed by atoms with van der Waals surface area (Å²) in [7, 11) is 0. The van der Waals surface area contributed by atoms with E-state index in [0.717, 1.165) is 11.1 Å². The van der Waals surface area contributed by atoms with Gasteiger partial charge in [-0.15, -0.1) is 0 Å². The molecule has 5 nitrogen and oxygen atoms in total. The molecule has 0 N–H and O–H groups in total. The molecule has 0 amide bonds. The molecule has 0 aliphatic carbocycles. The maximum atomic E-state index is 12.0. The summed E-state index contributed by atoms with van der Waals surface area (Å²) in [5.74, 6) is -0.525. The summed E-state index contributed by atoms with van der Waals surface area (Å²) in [5, 5.41) is 0.394. The lowest BCUT2D eigenvalue weighted by Gasteiger charge is -2.05. The molecular formula is C15H10ClN3O2. The van der Waals surface area contributed by atoms with Crippen molar-refractivity contribution in [2.45, 2.75) is 6.61 Å². The fourth-order valence-electron chi connectivity index (χ4n) is 1.77. The summed E-state index contributed by atoms with van der Waals surface area (Å²) in [4.78, 5) is 24.3. The van der Waals surface area contributed by atoms with E-state index in [-0.39, 0.29) is 12.3 Å². The molecule has 0 radical (unpaired) electrons. The third-order valence-corrected chi connectivity index (χ3v) is 3.04. The summed E-state index contributed by atoms with van der Waals surface area (Å²) in [5.41, 5.74) is 2.31. The highest BCUT2D eigenvalue weighted by atomic mass is 35.5. The Morgan fingerprint density at radius 3 is 2.62 bits per heavy atom. The lowest BCUT2D eigenvalue weighted by Crippen LogP contribution is -2.08. The van der Waals surface area contributed by atoms with Crippen LogP contribution in [-0.4, -0.2) is 20.9 Å². The number of hydrogen-bond donors (Lipinski definition) is 0. The molecule has 0 atom stereocenters. The highest BCUT2D eigenvalue weighted by molar-refractivity contribution is 6.29. The van der Waals surface area contributed by atoms with E-state index < -0.39 is 5.97 Å². The summed E-state index contributed by atoms with van der Waals surface area (Å²) >= 11 is 5.69. The van der Waals surface area contributed by atoms with E-state index in [9.17, 15) is 4.79 Å². The number of ether oxygens (including phenoxy) is 1. The lowest BCUT2D eigenvalue weighted by atomic mass is 10.3. The minimum absolute atomic E-state index is 0.109. The molecule has 2 aromatic heterocycles. The molecule has 3 aromatic rings. The Morgan fingerprint density at radius 1 is 1.05 bits per heavy atom. The van der Waals surface area contributed by atoms with E-state index >= 15 is 0 Å². The van der Waals surface area contributed by atoms with Crippen LogP contribution < -0.4 is 0 Å². The van der Waals surface area contributed by atoms with Crippen molar-refractivity contribution in [2.75, 3.05) is 0 Å². The maximum absolute atomic E-state index is 12.0. The number of carbonyl (C=O) groups is 1. The van der Waals surface area contributed by atoms with E-state index in [1.807, 2.05) is 18.2 Å². The van der Waals surface area contributed by atoms with Gasteiger partial charge in [-0.3, -0.25) is 4.98 Å². The SMILES string of the molecule is O=C(OCc1ccc(Cl)nc1)c1cnc2ccccc2n1. The molecule has 0 saturated heterocycles. The first-order chi connectivity index (χ1) is 10.2. The topological polar surface area (TPSA) is 65.0 Å². The number of hydrogen-bond acceptors (Lipinski definition) is 5. The average Bonchev–Trinajstić information content (AvgIpc) is 2.53. The summed E-state index contributed by atoms with van der Waals surface area (Å²) in [6.45, 7) is 0.109. The maximum Gasteiger partial charge on any atom is 0.358 e. The van der Waals surface area contributed by atoms with Gasteiger partial charge in [0.15, 0.2) is 5.69 Å². The van der Waals surface area contributed by atoms with Gasteiger partial charge < -0.3 is 4.74 Å². The van der Waals surface area contributed by atoms with Gasteiger partial charge in [-0.2, -0.15) is 0 Å². The van der Waals surface area contributed by atoms with E-state index in [4.69, 9.17) is 16.3 Å². The predicted octanol–water partition coefficient (Wildman–Crippen LogP) is 3.04. The first-order valence-corrected chi connectivity index (χ1v) is 6.59. The van der Waals surface area contributed by atoms with Crippen molar-refractivity contribution >= 4 is 28.6 Å². The van der Waals surface area contributed by atoms with Crippen molar-refractivity contribution < 1.29 is 9.53 Å². The number of carbonyl (C=O) groups excluding carboxylic acids is 1. The minimum Gasteiger partial charge on any atom is -0.456 e. The molecule has 0 saturated carbocycles. The smallest absolute Gasteiger partial charge is 0.358 e. The van der Waals surface area contributed by atoms with Gasteiger partial charge in [0.1, 0.15) is 11.8 Å². The van der Waals surface area contributed by atoms with Crippen molar-refractivity contribution in [1.82, 2.24) is 15.0 Å². The summed E-state index contributed by atoms with van der Waals surface area (Å²) < 4.78 is 5.18. The second-order valence-electron chi connectivity index (χ2n) is 4.31. The second kappa shape index (κ2) is 5.85. The van der Waals surface area contributed by atoms with Gasteiger partial charge in [0, 0.05) is 11.8 Å². The van der Waals surface area contributed by atoms with E-state index in [1.54, 1.807) is 24.4 Å². The van der Waals surface area contributed by atoms with Gasteiger partial charge in [-0.25, -0.2) is 14.8 Å². The molecule has 0 aliphatic heterocycles. The van der Waals surface area contributed by atoms with Crippen LogP contribution in [0.4, 0.5) is 0 Å². The van der Waals surface area contributed by atoms with E-state index in [2.05, 4.69) is 15.0 Å². The van der Waals surface area contributed by atoms with Gasteiger partial charge in [0.25, 0.3) is 0 Å². The number of aromatic nitrogens is 3. The van der Waals surface area contributed by atoms with Crippen LogP contribution in [0.5, 0.6) is 0 Å². The zero-order valence-electron chi connectivity index (χ0n) is 10.9. The van der Waals surface area contributed by atoms with Crippen molar-refractivity contribution in [2.24, 2.45) is 0 Å². The third kappa shape index (κ3) is 3.14. The quantitative estimate of drug-likeness (QED) is 0.549. The molecular weight excluding hydrogens is 290 g/mol. The number of fused-ring (bicyclic) bond motifs is 1. The summed E-state index contributed by atoms with van der Waals surface area (Å²) in [6, 6.07) is 10.7. The molecule has 0 bridgehead atoms. The van der Waals surface area contributed by atoms with Crippen LogP contribution in [0.15, 0.2) is 48.8 Å². The van der Waals surface area contributed by atoms with E-state index in [1.165, 1.54) is 6.20 Å². The molecule has 104 valence electrons. The zero-order chi connectivity index (χ0) is 14.7. The number of pyridine rings is 1. The molecule has 3 rings (SSSR count). The first-order valence-electron chi connectivity index (χ1n) is 6.22. The average molecular weight is 300 g/mol. The Hall–Kier alpha value is -2.53. The van der Waals surface area contributed by atoms with Crippen molar-refractivity contribution in [3.8, 4) is 0 Å². The van der Waals surface area contributed by atoms with Crippen LogP contribution in [0, 0.1) is 0 Å². The number of rotatable bonds is 3. The number of para-hydroxylation sites is 2. The van der Waals surface area contributed by atoms with Crippen molar-refractivity contribution in [3.63, 3.8) is 0 Å². The van der Waals surface area contributed by atoms with Crippen LogP contribution >= 0.6 is 11.6 Å². The Bertz CT molecular complexity index is 790. The third-order valence-electron chi connectivity index (χ3n) is 2.82. The summed E-state index contributed by atoms with van der Waals surface area (Å²) in [6.07, 6.45) is 2.96. The lowest BCUT2D eigenvalue weighted by molar-refractivity contribution is 0.0465. The number of nitrogens with zero attached hydrogens (tertiary/aromatic N) is 3. The first kappa shape index (κ1) is 13.5. The van der Waals surface area contributed by atoms with Crippen molar-refractivity contribution in [1.29, 1.82) is 0 Å². The molecule has 6 heteroatoms. The van der Waals surface area contributed by atoms with Crippen LogP contribution in [0.3, 0.4) is 0 Å². The molecule has 21 heavy (non-hydrogen) atoms. The second-order valence-corrected chi connectivity index (χ2v) is 4.70. The normalized spacial score (nSPS) is 10.5. The van der Waals surface area contributed by atoms with Gasteiger partial charge >= 0.3 is 5.97 Å². The molecule has 0 fully saturated rings. The fourth-order valence-corrected chi connectivity index (χ4v) is 1.88. The Kier molecular flexibility index (Phi) is 3.75. The van der Waals surface area contributed by atoms with Crippen LogP contribution in [-0.2, 0) is 11.3 Å². The predicted molar refractivity (Wildman–Crippen MR) is 77.9 cm³/mol. The molecule has 0 spiro atoms. The molecule has 2 heterocycles. The van der Waals surface area contributed by atoms with Crippen molar-refractivity contribution in [3.05, 3.63) is 65.2 Å². The van der Waals surface area contributed by atoms with Crippen LogP contribution in [0.1, 0.15) is 16.1 Å².